The summed E-state index contributed by atoms with van der Waals surface area (Å²) in [5, 5.41) is 8.90. The quantitative estimate of drug-likeness (QED) is 0.816. The van der Waals surface area contributed by atoms with Gasteiger partial charge in [-0.1, -0.05) is 6.07 Å². The first-order chi connectivity index (χ1) is 9.83. The molecule has 2 rings (SSSR count). The molecule has 112 valence electrons. The van der Waals surface area contributed by atoms with Crippen LogP contribution in [0.1, 0.15) is 9.67 Å². The van der Waals surface area contributed by atoms with Crippen molar-refractivity contribution >= 4 is 48.9 Å². The number of aromatic carboxylic acids is 1. The second-order valence-electron chi connectivity index (χ2n) is 3.89. The molecule has 6 nitrogen and oxygen atoms in total. The zero-order chi connectivity index (χ0) is 15.6. The lowest BCUT2D eigenvalue weighted by Crippen LogP contribution is -2.12. The molecule has 0 spiro atoms. The summed E-state index contributed by atoms with van der Waals surface area (Å²) >= 11 is 3.91. The van der Waals surface area contributed by atoms with E-state index in [0.717, 1.165) is 17.4 Å². The minimum atomic E-state index is -3.89. The Morgan fingerprint density at radius 1 is 1.38 bits per heavy atom. The van der Waals surface area contributed by atoms with Gasteiger partial charge in [0.25, 0.3) is 10.0 Å². The second kappa shape index (κ2) is 6.04. The number of hydrogen-bond acceptors (Lipinski definition) is 5. The van der Waals surface area contributed by atoms with E-state index in [9.17, 15) is 13.2 Å². The molecule has 1 aromatic heterocycles. The summed E-state index contributed by atoms with van der Waals surface area (Å²) in [5.41, 5.74) is 0.323. The zero-order valence-corrected chi connectivity index (χ0v) is 13.9. The Bertz CT molecular complexity index is 785. The first kappa shape index (κ1) is 15.8. The average Bonchev–Trinajstić information content (AvgIpc) is 2.81. The minimum Gasteiger partial charge on any atom is -0.497 e. The number of thiophene rings is 1. The normalized spacial score (nSPS) is 11.1. The average molecular weight is 392 g/mol. The van der Waals surface area contributed by atoms with Crippen LogP contribution >= 0.6 is 27.3 Å². The van der Waals surface area contributed by atoms with Crippen LogP contribution in [0.5, 0.6) is 5.75 Å². The highest BCUT2D eigenvalue weighted by Crippen LogP contribution is 2.33. The molecule has 0 aliphatic heterocycles. The van der Waals surface area contributed by atoms with Gasteiger partial charge < -0.3 is 9.84 Å². The number of methoxy groups -OCH3 is 1. The number of halogens is 1. The number of benzene rings is 1. The van der Waals surface area contributed by atoms with Gasteiger partial charge in [0, 0.05) is 6.07 Å². The largest absolute Gasteiger partial charge is 0.497 e. The molecule has 1 heterocycles. The van der Waals surface area contributed by atoms with Gasteiger partial charge in [0.15, 0.2) is 0 Å². The maximum Gasteiger partial charge on any atom is 0.345 e. The van der Waals surface area contributed by atoms with Crippen molar-refractivity contribution in [3.63, 3.8) is 0 Å². The summed E-state index contributed by atoms with van der Waals surface area (Å²) in [6, 6.07) is 7.52. The van der Waals surface area contributed by atoms with E-state index in [1.807, 2.05) is 0 Å². The molecule has 0 unspecified atom stereocenters. The standard InChI is InChI=1S/C12H10BrNO5S2/c1-19-8-4-2-3-7(5-8)14-21(17,18)10-6-9(12(15)16)20-11(10)13/h2-6,14H,1H3,(H,15,16). The molecule has 2 aromatic rings. The van der Waals surface area contributed by atoms with E-state index in [2.05, 4.69) is 20.7 Å². The van der Waals surface area contributed by atoms with Crippen LogP contribution in [0, 0.1) is 0 Å². The Morgan fingerprint density at radius 3 is 2.67 bits per heavy atom. The van der Waals surface area contributed by atoms with Crippen LogP contribution in [0.25, 0.3) is 0 Å². The molecule has 0 amide bonds. The number of nitrogens with one attached hydrogen (secondary N) is 1. The van der Waals surface area contributed by atoms with Crippen molar-refractivity contribution in [1.29, 1.82) is 0 Å². The van der Waals surface area contributed by atoms with Crippen molar-refractivity contribution in [2.75, 3.05) is 11.8 Å². The smallest absolute Gasteiger partial charge is 0.345 e. The maximum atomic E-state index is 12.3. The fourth-order valence-corrected chi connectivity index (χ4v) is 4.99. The molecule has 0 aliphatic carbocycles. The van der Waals surface area contributed by atoms with Gasteiger partial charge in [-0.05, 0) is 34.1 Å². The van der Waals surface area contributed by atoms with Crippen molar-refractivity contribution in [2.24, 2.45) is 0 Å². The third-order valence-corrected chi connectivity index (χ3v) is 6.10. The SMILES string of the molecule is COc1cccc(NS(=O)(=O)c2cc(C(=O)O)sc2Br)c1. The Morgan fingerprint density at radius 2 is 2.10 bits per heavy atom. The van der Waals surface area contributed by atoms with E-state index in [-0.39, 0.29) is 13.6 Å². The molecule has 0 radical (unpaired) electrons. The van der Waals surface area contributed by atoms with Gasteiger partial charge in [0.1, 0.15) is 15.5 Å². The fraction of sp³-hybridized carbons (Fsp3) is 0.0833. The van der Waals surface area contributed by atoms with E-state index in [0.29, 0.717) is 11.4 Å². The van der Waals surface area contributed by atoms with E-state index < -0.39 is 16.0 Å². The van der Waals surface area contributed by atoms with Gasteiger partial charge >= 0.3 is 5.97 Å². The predicted octanol–water partition coefficient (Wildman–Crippen LogP) is 3.02. The summed E-state index contributed by atoms with van der Waals surface area (Å²) in [7, 11) is -2.41. The molecule has 0 fully saturated rings. The highest BCUT2D eigenvalue weighted by molar-refractivity contribution is 9.11. The molecule has 2 N–H and O–H groups in total. The summed E-state index contributed by atoms with van der Waals surface area (Å²) in [4.78, 5) is 10.7. The number of hydrogen-bond donors (Lipinski definition) is 2. The van der Waals surface area contributed by atoms with Crippen LogP contribution in [0.3, 0.4) is 0 Å². The van der Waals surface area contributed by atoms with Crippen LogP contribution in [-0.4, -0.2) is 26.6 Å². The van der Waals surface area contributed by atoms with Crippen molar-refractivity contribution in [3.8, 4) is 5.75 Å². The fourth-order valence-electron chi connectivity index (χ4n) is 1.54. The molecular formula is C12H10BrNO5S2. The van der Waals surface area contributed by atoms with Crippen LogP contribution in [0.4, 0.5) is 5.69 Å². The number of rotatable bonds is 5. The Labute approximate surface area is 133 Å². The van der Waals surface area contributed by atoms with E-state index >= 15 is 0 Å². The summed E-state index contributed by atoms with van der Waals surface area (Å²) in [6.07, 6.45) is 0. The van der Waals surface area contributed by atoms with Crippen molar-refractivity contribution < 1.29 is 23.1 Å². The second-order valence-corrected chi connectivity index (χ2v) is 7.91. The van der Waals surface area contributed by atoms with Gasteiger partial charge in [-0.3, -0.25) is 4.72 Å². The number of carboxylic acids is 1. The molecular weight excluding hydrogens is 382 g/mol. The molecule has 0 atom stereocenters. The van der Waals surface area contributed by atoms with Gasteiger partial charge in [-0.2, -0.15) is 0 Å². The Hall–Kier alpha value is -1.58. The molecule has 1 aromatic carbocycles. The molecule has 0 aliphatic rings. The number of carbonyl (C=O) groups is 1. The van der Waals surface area contributed by atoms with Crippen molar-refractivity contribution in [1.82, 2.24) is 0 Å². The number of ether oxygens (including phenoxy) is 1. The highest BCUT2D eigenvalue weighted by atomic mass is 79.9. The van der Waals surface area contributed by atoms with Crippen LogP contribution in [0.15, 0.2) is 39.0 Å². The van der Waals surface area contributed by atoms with E-state index in [4.69, 9.17) is 9.84 Å². The number of carboxylic acid groups (broad SMARTS) is 1. The van der Waals surface area contributed by atoms with Gasteiger partial charge in [0.2, 0.25) is 0 Å². The van der Waals surface area contributed by atoms with Gasteiger partial charge in [0.05, 0.1) is 16.6 Å². The van der Waals surface area contributed by atoms with E-state index in [1.54, 1.807) is 18.2 Å². The molecule has 0 saturated heterocycles. The summed E-state index contributed by atoms with van der Waals surface area (Å²) in [6.45, 7) is 0. The molecule has 9 heteroatoms. The minimum absolute atomic E-state index is 0.0621. The first-order valence-corrected chi connectivity index (χ1v) is 8.62. The predicted molar refractivity (Wildman–Crippen MR) is 82.8 cm³/mol. The Kier molecular flexibility index (Phi) is 4.55. The van der Waals surface area contributed by atoms with Crippen LogP contribution < -0.4 is 9.46 Å². The zero-order valence-electron chi connectivity index (χ0n) is 10.7. The van der Waals surface area contributed by atoms with Crippen molar-refractivity contribution in [3.05, 3.63) is 39.0 Å². The lowest BCUT2D eigenvalue weighted by Gasteiger charge is -2.08. The summed E-state index contributed by atoms with van der Waals surface area (Å²) < 4.78 is 32.2. The van der Waals surface area contributed by atoms with Crippen LogP contribution in [-0.2, 0) is 10.0 Å². The molecule has 0 bridgehead atoms. The van der Waals surface area contributed by atoms with Gasteiger partial charge in [-0.25, -0.2) is 13.2 Å². The molecule has 21 heavy (non-hydrogen) atoms. The molecule has 0 saturated carbocycles. The summed E-state index contributed by atoms with van der Waals surface area (Å²) in [5.74, 6) is -0.672. The highest BCUT2D eigenvalue weighted by Gasteiger charge is 2.23. The topological polar surface area (TPSA) is 92.7 Å². The third kappa shape index (κ3) is 3.55. The van der Waals surface area contributed by atoms with Crippen LogP contribution in [0.2, 0.25) is 0 Å². The lowest BCUT2D eigenvalue weighted by molar-refractivity contribution is 0.0702. The Balaban J connectivity index is 2.36. The third-order valence-electron chi connectivity index (χ3n) is 2.48. The monoisotopic (exact) mass is 391 g/mol. The first-order valence-electron chi connectivity index (χ1n) is 5.53. The van der Waals surface area contributed by atoms with Gasteiger partial charge in [-0.15, -0.1) is 11.3 Å². The number of sulfonamides is 1. The number of anilines is 1. The lowest BCUT2D eigenvalue weighted by atomic mass is 10.3. The van der Waals surface area contributed by atoms with E-state index in [1.165, 1.54) is 13.2 Å². The maximum absolute atomic E-state index is 12.3. The van der Waals surface area contributed by atoms with Crippen molar-refractivity contribution in [2.45, 2.75) is 4.90 Å².